The van der Waals surface area contributed by atoms with Crippen LogP contribution in [0.3, 0.4) is 0 Å². The van der Waals surface area contributed by atoms with Crippen LogP contribution in [0.5, 0.6) is 0 Å². The summed E-state index contributed by atoms with van der Waals surface area (Å²) in [6, 6.07) is 0.00317. The molecule has 0 amide bonds. The summed E-state index contributed by atoms with van der Waals surface area (Å²) in [7, 11) is 0. The van der Waals surface area contributed by atoms with Gasteiger partial charge in [0.2, 0.25) is 0 Å². The van der Waals surface area contributed by atoms with Gasteiger partial charge in [-0.05, 0) is 26.9 Å². The first-order chi connectivity index (χ1) is 6.79. The summed E-state index contributed by atoms with van der Waals surface area (Å²) in [6.45, 7) is 0.824. The molecule has 1 fully saturated rings. The summed E-state index contributed by atoms with van der Waals surface area (Å²) in [4.78, 5) is 0. The lowest BCUT2D eigenvalue weighted by Gasteiger charge is -2.27. The summed E-state index contributed by atoms with van der Waals surface area (Å²) in [5.41, 5.74) is 7.32. The molecule has 2 rings (SSSR count). The maximum atomic E-state index is 6.15. The van der Waals surface area contributed by atoms with E-state index in [1.807, 2.05) is 11.8 Å². The van der Waals surface area contributed by atoms with E-state index in [0.717, 1.165) is 22.6 Å². The van der Waals surface area contributed by atoms with Crippen molar-refractivity contribution >= 4 is 39.0 Å². The number of halogens is 1. The topological polar surface area (TPSA) is 35.2 Å². The molecule has 2 heterocycles. The lowest BCUT2D eigenvalue weighted by molar-refractivity contribution is 0.0569. The van der Waals surface area contributed by atoms with E-state index >= 15 is 0 Å². The molecule has 5 heteroatoms. The van der Waals surface area contributed by atoms with Crippen LogP contribution in [0, 0.1) is 0 Å². The van der Waals surface area contributed by atoms with E-state index in [2.05, 4.69) is 26.7 Å². The van der Waals surface area contributed by atoms with Crippen molar-refractivity contribution in [1.82, 2.24) is 0 Å². The Bertz CT molecular complexity index is 299. The highest BCUT2D eigenvalue weighted by atomic mass is 79.9. The van der Waals surface area contributed by atoms with E-state index < -0.39 is 0 Å². The number of thioether (sulfide) groups is 1. The third-order valence-corrected chi connectivity index (χ3v) is 5.01. The van der Waals surface area contributed by atoms with Gasteiger partial charge in [0.05, 0.1) is 18.8 Å². The molecule has 78 valence electrons. The van der Waals surface area contributed by atoms with Gasteiger partial charge in [0.1, 0.15) is 0 Å². The Kier molecular flexibility index (Phi) is 3.90. The summed E-state index contributed by atoms with van der Waals surface area (Å²) in [5.74, 6) is 2.09. The lowest BCUT2D eigenvalue weighted by Crippen LogP contribution is -2.34. The molecule has 2 nitrogen and oxygen atoms in total. The number of hydrogen-bond donors (Lipinski definition) is 1. The van der Waals surface area contributed by atoms with Gasteiger partial charge in [0.15, 0.2) is 0 Å². The molecule has 0 radical (unpaired) electrons. The molecule has 0 aromatic carbocycles. The highest BCUT2D eigenvalue weighted by Gasteiger charge is 2.24. The first-order valence-corrected chi connectivity index (χ1v) is 7.34. The van der Waals surface area contributed by atoms with Crippen molar-refractivity contribution < 1.29 is 4.74 Å². The van der Waals surface area contributed by atoms with E-state index in [0.29, 0.717) is 0 Å². The Balaban J connectivity index is 2.07. The van der Waals surface area contributed by atoms with Gasteiger partial charge in [-0.25, -0.2) is 0 Å². The number of hydrogen-bond acceptors (Lipinski definition) is 4. The van der Waals surface area contributed by atoms with Crippen LogP contribution in [0.25, 0.3) is 0 Å². The number of rotatable bonds is 2. The molecule has 0 spiro atoms. The minimum absolute atomic E-state index is 0.00317. The van der Waals surface area contributed by atoms with Crippen LogP contribution >= 0.6 is 39.0 Å². The van der Waals surface area contributed by atoms with E-state index in [4.69, 9.17) is 10.5 Å². The van der Waals surface area contributed by atoms with Crippen molar-refractivity contribution in [2.24, 2.45) is 5.73 Å². The molecular formula is C9H12BrNOS2. The van der Waals surface area contributed by atoms with E-state index in [-0.39, 0.29) is 12.1 Å². The average molecular weight is 294 g/mol. The largest absolute Gasteiger partial charge is 0.375 e. The second kappa shape index (κ2) is 4.99. The minimum Gasteiger partial charge on any atom is -0.375 e. The minimum atomic E-state index is 0.00317. The quantitative estimate of drug-likeness (QED) is 0.910. The zero-order valence-corrected chi connectivity index (χ0v) is 10.8. The molecule has 0 saturated carbocycles. The smallest absolute Gasteiger partial charge is 0.0858 e. The molecule has 1 saturated heterocycles. The summed E-state index contributed by atoms with van der Waals surface area (Å²) in [6.07, 6.45) is 0.166. The summed E-state index contributed by atoms with van der Waals surface area (Å²) < 4.78 is 6.76. The van der Waals surface area contributed by atoms with Crippen molar-refractivity contribution in [2.75, 3.05) is 18.1 Å². The molecule has 14 heavy (non-hydrogen) atoms. The van der Waals surface area contributed by atoms with Crippen molar-refractivity contribution in [1.29, 1.82) is 0 Å². The fourth-order valence-electron chi connectivity index (χ4n) is 1.44. The van der Waals surface area contributed by atoms with Crippen LogP contribution in [0.1, 0.15) is 11.6 Å². The zero-order valence-electron chi connectivity index (χ0n) is 7.61. The van der Waals surface area contributed by atoms with Gasteiger partial charge in [-0.15, -0.1) is 0 Å². The predicted molar refractivity (Wildman–Crippen MR) is 66.0 cm³/mol. The standard InChI is InChI=1S/C9H12BrNOS2/c10-7-4-14-3-6(7)9(11)8-5-13-2-1-12-8/h3-4,8-9H,1-2,5,11H2. The van der Waals surface area contributed by atoms with Crippen molar-refractivity contribution in [3.8, 4) is 0 Å². The van der Waals surface area contributed by atoms with Gasteiger partial charge >= 0.3 is 0 Å². The van der Waals surface area contributed by atoms with Gasteiger partial charge in [0, 0.05) is 21.4 Å². The van der Waals surface area contributed by atoms with Gasteiger partial charge in [-0.1, -0.05) is 0 Å². The van der Waals surface area contributed by atoms with Crippen LogP contribution in [0.4, 0.5) is 0 Å². The lowest BCUT2D eigenvalue weighted by atomic mass is 10.1. The molecule has 2 atom stereocenters. The normalized spacial score (nSPS) is 24.9. The molecule has 1 aromatic rings. The van der Waals surface area contributed by atoms with Crippen LogP contribution in [-0.2, 0) is 4.74 Å². The Morgan fingerprint density at radius 1 is 1.57 bits per heavy atom. The fourth-order valence-corrected chi connectivity index (χ4v) is 3.97. The Labute approximate surface area is 100 Å². The average Bonchev–Trinajstić information content (AvgIpc) is 2.65. The van der Waals surface area contributed by atoms with Crippen LogP contribution < -0.4 is 5.73 Å². The Hall–Kier alpha value is 0.450. The highest BCUT2D eigenvalue weighted by Crippen LogP contribution is 2.31. The van der Waals surface area contributed by atoms with E-state index in [1.165, 1.54) is 5.56 Å². The van der Waals surface area contributed by atoms with Crippen LogP contribution in [0.2, 0.25) is 0 Å². The van der Waals surface area contributed by atoms with Gasteiger partial charge < -0.3 is 10.5 Å². The van der Waals surface area contributed by atoms with E-state index in [1.54, 1.807) is 11.3 Å². The highest BCUT2D eigenvalue weighted by molar-refractivity contribution is 9.10. The third kappa shape index (κ3) is 2.33. The number of ether oxygens (including phenoxy) is 1. The predicted octanol–water partition coefficient (Wildman–Crippen LogP) is 2.64. The van der Waals surface area contributed by atoms with Crippen molar-refractivity contribution in [3.63, 3.8) is 0 Å². The summed E-state index contributed by atoms with van der Waals surface area (Å²) >= 11 is 7.09. The Morgan fingerprint density at radius 2 is 2.43 bits per heavy atom. The molecule has 2 unspecified atom stereocenters. The molecule has 2 N–H and O–H groups in total. The number of thiophene rings is 1. The van der Waals surface area contributed by atoms with Crippen molar-refractivity contribution in [2.45, 2.75) is 12.1 Å². The van der Waals surface area contributed by atoms with Gasteiger partial charge in [-0.2, -0.15) is 23.1 Å². The monoisotopic (exact) mass is 293 g/mol. The molecule has 1 aromatic heterocycles. The van der Waals surface area contributed by atoms with Gasteiger partial charge in [-0.3, -0.25) is 0 Å². The molecule has 0 bridgehead atoms. The molecular weight excluding hydrogens is 282 g/mol. The van der Waals surface area contributed by atoms with E-state index in [9.17, 15) is 0 Å². The first kappa shape index (κ1) is 11.0. The SMILES string of the molecule is NC(c1cscc1Br)C1CSCCO1. The Morgan fingerprint density at radius 3 is 3.00 bits per heavy atom. The molecule has 1 aliphatic heterocycles. The zero-order chi connectivity index (χ0) is 9.97. The van der Waals surface area contributed by atoms with Crippen LogP contribution in [-0.4, -0.2) is 24.2 Å². The van der Waals surface area contributed by atoms with Gasteiger partial charge in [0.25, 0.3) is 0 Å². The molecule has 0 aliphatic carbocycles. The van der Waals surface area contributed by atoms with Crippen molar-refractivity contribution in [3.05, 3.63) is 20.8 Å². The summed E-state index contributed by atoms with van der Waals surface area (Å²) in [5, 5.41) is 4.16. The maximum absolute atomic E-state index is 6.15. The molecule has 1 aliphatic rings. The second-order valence-corrected chi connectivity index (χ2v) is 5.93. The first-order valence-electron chi connectivity index (χ1n) is 4.45. The van der Waals surface area contributed by atoms with Crippen LogP contribution in [0.15, 0.2) is 15.2 Å². The fraction of sp³-hybridized carbons (Fsp3) is 0.556. The number of nitrogens with two attached hydrogens (primary N) is 1. The third-order valence-electron chi connectivity index (χ3n) is 2.24. The maximum Gasteiger partial charge on any atom is 0.0858 e. The second-order valence-electron chi connectivity index (χ2n) is 3.19.